The average Bonchev–Trinajstić information content (AvgIpc) is 2.81. The van der Waals surface area contributed by atoms with Crippen molar-refractivity contribution < 1.29 is 4.79 Å². The summed E-state index contributed by atoms with van der Waals surface area (Å²) in [6.07, 6.45) is 4.37. The summed E-state index contributed by atoms with van der Waals surface area (Å²) < 4.78 is 1.78. The third-order valence-corrected chi connectivity index (χ3v) is 3.19. The average molecular weight is 263 g/mol. The molecule has 0 aliphatic heterocycles. The van der Waals surface area contributed by atoms with Crippen molar-refractivity contribution in [2.45, 2.75) is 26.8 Å². The van der Waals surface area contributed by atoms with Gasteiger partial charge < -0.3 is 0 Å². The maximum atomic E-state index is 12.2. The topological polar surface area (TPSA) is 34.9 Å². The Balaban J connectivity index is 2.26. The van der Waals surface area contributed by atoms with Gasteiger partial charge in [0.15, 0.2) is 5.78 Å². The summed E-state index contributed by atoms with van der Waals surface area (Å²) in [6.45, 7) is 4.81. The molecular weight excluding hydrogens is 248 g/mol. The van der Waals surface area contributed by atoms with Crippen LogP contribution >= 0.6 is 11.6 Å². The van der Waals surface area contributed by atoms with Crippen molar-refractivity contribution in [3.63, 3.8) is 0 Å². The molecule has 0 aliphatic carbocycles. The van der Waals surface area contributed by atoms with Crippen molar-refractivity contribution >= 4 is 17.4 Å². The normalized spacial score (nSPS) is 10.6. The minimum absolute atomic E-state index is 0.0424. The van der Waals surface area contributed by atoms with E-state index < -0.39 is 0 Å². The van der Waals surface area contributed by atoms with E-state index in [0.717, 1.165) is 18.5 Å². The molecule has 1 aromatic carbocycles. The van der Waals surface area contributed by atoms with Crippen LogP contribution in [0, 0.1) is 6.92 Å². The van der Waals surface area contributed by atoms with Crippen molar-refractivity contribution in [3.8, 4) is 0 Å². The van der Waals surface area contributed by atoms with Crippen molar-refractivity contribution in [2.75, 3.05) is 0 Å². The van der Waals surface area contributed by atoms with Gasteiger partial charge in [-0.15, -0.1) is 0 Å². The lowest BCUT2D eigenvalue weighted by Gasteiger charge is -2.01. The molecule has 0 fully saturated rings. The van der Waals surface area contributed by atoms with Gasteiger partial charge in [0, 0.05) is 23.3 Å². The number of ketones is 1. The molecule has 0 amide bonds. The van der Waals surface area contributed by atoms with Crippen LogP contribution in [-0.2, 0) is 6.54 Å². The molecule has 4 heteroatoms. The number of hydrogen-bond donors (Lipinski definition) is 0. The summed E-state index contributed by atoms with van der Waals surface area (Å²) in [5, 5.41) is 4.77. The van der Waals surface area contributed by atoms with E-state index in [1.165, 1.54) is 0 Å². The zero-order chi connectivity index (χ0) is 13.1. The first-order valence-electron chi connectivity index (χ1n) is 5.95. The zero-order valence-electron chi connectivity index (χ0n) is 10.5. The molecule has 0 aliphatic rings. The number of aromatic nitrogens is 2. The third-order valence-electron chi connectivity index (χ3n) is 2.78. The molecule has 0 unspecified atom stereocenters. The standard InChI is InChI=1S/C14H15ClN2O/c1-3-6-17-9-12(8-16-17)14(18)11-5-4-10(2)13(15)7-11/h4-5,7-9H,3,6H2,1-2H3. The Kier molecular flexibility index (Phi) is 3.82. The van der Waals surface area contributed by atoms with Gasteiger partial charge >= 0.3 is 0 Å². The first kappa shape index (κ1) is 12.8. The van der Waals surface area contributed by atoms with Crippen LogP contribution in [0.15, 0.2) is 30.6 Å². The van der Waals surface area contributed by atoms with Gasteiger partial charge in [0.05, 0.1) is 11.8 Å². The van der Waals surface area contributed by atoms with E-state index in [1.807, 2.05) is 13.0 Å². The van der Waals surface area contributed by atoms with Crippen LogP contribution in [0.4, 0.5) is 0 Å². The number of carbonyl (C=O) groups is 1. The molecule has 0 saturated carbocycles. The highest BCUT2D eigenvalue weighted by atomic mass is 35.5. The van der Waals surface area contributed by atoms with Crippen LogP contribution in [0.3, 0.4) is 0 Å². The van der Waals surface area contributed by atoms with Gasteiger partial charge in [-0.3, -0.25) is 9.48 Å². The Morgan fingerprint density at radius 2 is 2.17 bits per heavy atom. The van der Waals surface area contributed by atoms with Gasteiger partial charge in [0.2, 0.25) is 0 Å². The second kappa shape index (κ2) is 5.36. The van der Waals surface area contributed by atoms with E-state index >= 15 is 0 Å². The summed E-state index contributed by atoms with van der Waals surface area (Å²) >= 11 is 6.03. The molecule has 2 aromatic rings. The molecule has 0 radical (unpaired) electrons. The fourth-order valence-electron chi connectivity index (χ4n) is 1.73. The zero-order valence-corrected chi connectivity index (χ0v) is 11.2. The highest BCUT2D eigenvalue weighted by Gasteiger charge is 2.12. The van der Waals surface area contributed by atoms with E-state index in [1.54, 1.807) is 29.2 Å². The summed E-state index contributed by atoms with van der Waals surface area (Å²) in [5.41, 5.74) is 2.17. The van der Waals surface area contributed by atoms with E-state index in [9.17, 15) is 4.79 Å². The van der Waals surface area contributed by atoms with Gasteiger partial charge in [-0.2, -0.15) is 5.10 Å². The van der Waals surface area contributed by atoms with Crippen molar-refractivity contribution in [2.24, 2.45) is 0 Å². The Morgan fingerprint density at radius 3 is 2.83 bits per heavy atom. The van der Waals surface area contributed by atoms with E-state index in [0.29, 0.717) is 16.1 Å². The first-order valence-corrected chi connectivity index (χ1v) is 6.33. The molecule has 0 saturated heterocycles. The molecule has 1 aromatic heterocycles. The predicted octanol–water partition coefficient (Wildman–Crippen LogP) is 3.49. The summed E-state index contributed by atoms with van der Waals surface area (Å²) in [4.78, 5) is 12.2. The minimum atomic E-state index is -0.0424. The van der Waals surface area contributed by atoms with Crippen LogP contribution in [0.2, 0.25) is 5.02 Å². The molecule has 94 valence electrons. The van der Waals surface area contributed by atoms with Crippen LogP contribution < -0.4 is 0 Å². The highest BCUT2D eigenvalue weighted by molar-refractivity contribution is 6.31. The van der Waals surface area contributed by atoms with Crippen LogP contribution in [0.1, 0.15) is 34.8 Å². The lowest BCUT2D eigenvalue weighted by molar-refractivity contribution is 0.103. The van der Waals surface area contributed by atoms with Crippen molar-refractivity contribution in [3.05, 3.63) is 52.3 Å². The number of halogens is 1. The minimum Gasteiger partial charge on any atom is -0.288 e. The molecule has 0 N–H and O–H groups in total. The molecular formula is C14H15ClN2O. The number of rotatable bonds is 4. The Hall–Kier alpha value is -1.61. The van der Waals surface area contributed by atoms with Gasteiger partial charge in [-0.1, -0.05) is 30.7 Å². The number of benzene rings is 1. The smallest absolute Gasteiger partial charge is 0.196 e. The van der Waals surface area contributed by atoms with Crippen LogP contribution in [0.25, 0.3) is 0 Å². The molecule has 2 rings (SSSR count). The molecule has 0 bridgehead atoms. The second-order valence-electron chi connectivity index (χ2n) is 4.29. The van der Waals surface area contributed by atoms with Gasteiger partial charge in [-0.25, -0.2) is 0 Å². The van der Waals surface area contributed by atoms with Gasteiger partial charge in [0.1, 0.15) is 0 Å². The fraction of sp³-hybridized carbons (Fsp3) is 0.286. The lowest BCUT2D eigenvalue weighted by atomic mass is 10.1. The number of nitrogens with zero attached hydrogens (tertiary/aromatic N) is 2. The quantitative estimate of drug-likeness (QED) is 0.791. The molecule has 18 heavy (non-hydrogen) atoms. The van der Waals surface area contributed by atoms with E-state index in [2.05, 4.69) is 12.0 Å². The first-order chi connectivity index (χ1) is 8.61. The summed E-state index contributed by atoms with van der Waals surface area (Å²) in [7, 11) is 0. The molecule has 1 heterocycles. The lowest BCUT2D eigenvalue weighted by Crippen LogP contribution is -2.01. The number of hydrogen-bond acceptors (Lipinski definition) is 2. The Morgan fingerprint density at radius 1 is 1.39 bits per heavy atom. The molecule has 3 nitrogen and oxygen atoms in total. The number of aryl methyl sites for hydroxylation is 2. The second-order valence-corrected chi connectivity index (χ2v) is 4.69. The molecule has 0 spiro atoms. The number of carbonyl (C=O) groups excluding carboxylic acids is 1. The van der Waals surface area contributed by atoms with Crippen LogP contribution in [0.5, 0.6) is 0 Å². The monoisotopic (exact) mass is 262 g/mol. The van der Waals surface area contributed by atoms with Crippen molar-refractivity contribution in [1.82, 2.24) is 9.78 Å². The summed E-state index contributed by atoms with van der Waals surface area (Å²) in [5.74, 6) is -0.0424. The maximum absolute atomic E-state index is 12.2. The van der Waals surface area contributed by atoms with E-state index in [4.69, 9.17) is 11.6 Å². The van der Waals surface area contributed by atoms with Gasteiger partial charge in [-0.05, 0) is 25.0 Å². The van der Waals surface area contributed by atoms with Gasteiger partial charge in [0.25, 0.3) is 0 Å². The summed E-state index contributed by atoms with van der Waals surface area (Å²) in [6, 6.07) is 5.35. The maximum Gasteiger partial charge on any atom is 0.196 e. The fourth-order valence-corrected chi connectivity index (χ4v) is 1.91. The highest BCUT2D eigenvalue weighted by Crippen LogP contribution is 2.19. The SMILES string of the molecule is CCCn1cc(C(=O)c2ccc(C)c(Cl)c2)cn1. The van der Waals surface area contributed by atoms with E-state index in [-0.39, 0.29) is 5.78 Å². The molecule has 0 atom stereocenters. The Bertz CT molecular complexity index is 575. The third kappa shape index (κ3) is 2.62. The predicted molar refractivity (Wildman–Crippen MR) is 72.1 cm³/mol. The Labute approximate surface area is 111 Å². The van der Waals surface area contributed by atoms with Crippen molar-refractivity contribution in [1.29, 1.82) is 0 Å². The van der Waals surface area contributed by atoms with Crippen LogP contribution in [-0.4, -0.2) is 15.6 Å². The largest absolute Gasteiger partial charge is 0.288 e.